The fourth-order valence-electron chi connectivity index (χ4n) is 2.52. The Labute approximate surface area is 178 Å². The van der Waals surface area contributed by atoms with Crippen LogP contribution in [0.3, 0.4) is 0 Å². The van der Waals surface area contributed by atoms with Crippen molar-refractivity contribution in [3.05, 3.63) is 64.9 Å². The van der Waals surface area contributed by atoms with Crippen molar-refractivity contribution in [2.75, 3.05) is 20.3 Å². The molecule has 0 aliphatic heterocycles. The number of hydrogen-bond acceptors (Lipinski definition) is 4. The molecule has 0 fully saturated rings. The van der Waals surface area contributed by atoms with Gasteiger partial charge in [-0.2, -0.15) is 8.78 Å². The van der Waals surface area contributed by atoms with Crippen molar-refractivity contribution in [3.63, 3.8) is 0 Å². The number of rotatable bonds is 10. The second kappa shape index (κ2) is 11.7. The Balaban J connectivity index is 2.04. The van der Waals surface area contributed by atoms with Gasteiger partial charge in [0.2, 0.25) is 0 Å². The molecule has 0 atom stereocenters. The fraction of sp³-hybridized carbons (Fsp3) is 0.227. The molecule has 0 aliphatic rings. The lowest BCUT2D eigenvalue weighted by Gasteiger charge is -2.12. The third-order valence-electron chi connectivity index (χ3n) is 3.93. The molecule has 8 heteroatoms. The van der Waals surface area contributed by atoms with Gasteiger partial charge in [-0.1, -0.05) is 35.7 Å². The average molecular weight is 436 g/mol. The molecule has 0 saturated carbocycles. The normalized spacial score (nSPS) is 11.0. The first-order valence-corrected chi connectivity index (χ1v) is 9.23. The molecule has 2 aromatic carbocycles. The van der Waals surface area contributed by atoms with Gasteiger partial charge in [0, 0.05) is 11.6 Å². The highest BCUT2D eigenvalue weighted by molar-refractivity contribution is 6.30. The van der Waals surface area contributed by atoms with E-state index in [-0.39, 0.29) is 18.7 Å². The molecular weight excluding hydrogens is 416 g/mol. The van der Waals surface area contributed by atoms with E-state index in [4.69, 9.17) is 27.5 Å². The van der Waals surface area contributed by atoms with Crippen LogP contribution in [0.4, 0.5) is 8.78 Å². The van der Waals surface area contributed by atoms with Crippen LogP contribution >= 0.6 is 11.6 Å². The number of ether oxygens (including phenoxy) is 3. The van der Waals surface area contributed by atoms with Crippen LogP contribution in [0.1, 0.15) is 11.1 Å². The molecule has 158 valence electrons. The fourth-order valence-corrected chi connectivity index (χ4v) is 2.65. The van der Waals surface area contributed by atoms with Gasteiger partial charge in [0.1, 0.15) is 12.9 Å². The van der Waals surface area contributed by atoms with E-state index in [9.17, 15) is 13.6 Å². The molecule has 0 bridgehead atoms. The lowest BCUT2D eigenvalue weighted by molar-refractivity contribution is -0.116. The SMILES string of the molecule is C#CCOc1ccc(CCNC(=O)/C(=C/OC(F)F)c2ccc(Cl)cc2)cc1OC. The maximum absolute atomic E-state index is 12.5. The van der Waals surface area contributed by atoms with Gasteiger partial charge < -0.3 is 19.5 Å². The van der Waals surface area contributed by atoms with Crippen LogP contribution in [-0.4, -0.2) is 32.8 Å². The molecule has 30 heavy (non-hydrogen) atoms. The Morgan fingerprint density at radius 1 is 1.23 bits per heavy atom. The number of alkyl halides is 2. The molecular formula is C22H20ClF2NO4. The van der Waals surface area contributed by atoms with E-state index in [0.717, 1.165) is 11.8 Å². The molecule has 2 rings (SSSR count). The van der Waals surface area contributed by atoms with E-state index in [1.807, 2.05) is 6.07 Å². The van der Waals surface area contributed by atoms with E-state index in [2.05, 4.69) is 16.0 Å². The molecule has 0 radical (unpaired) electrons. The molecule has 2 aromatic rings. The van der Waals surface area contributed by atoms with Crippen LogP contribution in [0, 0.1) is 12.3 Å². The summed E-state index contributed by atoms with van der Waals surface area (Å²) in [5.74, 6) is 2.85. The van der Waals surface area contributed by atoms with E-state index in [1.165, 1.54) is 7.11 Å². The first-order valence-electron chi connectivity index (χ1n) is 8.85. The zero-order chi connectivity index (χ0) is 21.9. The van der Waals surface area contributed by atoms with Gasteiger partial charge in [-0.05, 0) is 41.8 Å². The van der Waals surface area contributed by atoms with Crippen molar-refractivity contribution in [2.45, 2.75) is 13.0 Å². The third kappa shape index (κ3) is 6.98. The second-order valence-corrected chi connectivity index (χ2v) is 6.36. The highest BCUT2D eigenvalue weighted by Gasteiger charge is 2.14. The van der Waals surface area contributed by atoms with Gasteiger partial charge in [-0.25, -0.2) is 0 Å². The number of hydrogen-bond donors (Lipinski definition) is 1. The first kappa shape index (κ1) is 23.0. The molecule has 0 saturated heterocycles. The van der Waals surface area contributed by atoms with E-state index >= 15 is 0 Å². The van der Waals surface area contributed by atoms with Crippen molar-refractivity contribution >= 4 is 23.1 Å². The van der Waals surface area contributed by atoms with Gasteiger partial charge in [0.05, 0.1) is 12.7 Å². The average Bonchev–Trinajstić information content (AvgIpc) is 2.73. The summed E-state index contributed by atoms with van der Waals surface area (Å²) in [4.78, 5) is 12.5. The maximum Gasteiger partial charge on any atom is 0.386 e. The zero-order valence-electron chi connectivity index (χ0n) is 16.2. The summed E-state index contributed by atoms with van der Waals surface area (Å²) in [6.45, 7) is -2.67. The van der Waals surface area contributed by atoms with Crippen LogP contribution < -0.4 is 14.8 Å². The summed E-state index contributed by atoms with van der Waals surface area (Å²) in [5, 5.41) is 3.15. The Hall–Kier alpha value is -3.24. The van der Waals surface area contributed by atoms with Crippen LogP contribution in [0.5, 0.6) is 11.5 Å². The number of halogens is 3. The molecule has 0 spiro atoms. The summed E-state index contributed by atoms with van der Waals surface area (Å²) in [5.41, 5.74) is 1.23. The number of terminal acetylenes is 1. The minimum absolute atomic E-state index is 0.0393. The van der Waals surface area contributed by atoms with Crippen molar-refractivity contribution in [1.29, 1.82) is 0 Å². The molecule has 0 heterocycles. The summed E-state index contributed by atoms with van der Waals surface area (Å²) in [6.07, 6.45) is 6.40. The Kier molecular flexibility index (Phi) is 8.98. The Morgan fingerprint density at radius 2 is 1.97 bits per heavy atom. The number of nitrogens with one attached hydrogen (secondary N) is 1. The van der Waals surface area contributed by atoms with Crippen molar-refractivity contribution < 1.29 is 27.8 Å². The number of amides is 1. The van der Waals surface area contributed by atoms with Gasteiger partial charge in [-0.3, -0.25) is 4.79 Å². The lowest BCUT2D eigenvalue weighted by Crippen LogP contribution is -2.26. The van der Waals surface area contributed by atoms with Crippen LogP contribution in [0.2, 0.25) is 5.02 Å². The molecule has 1 N–H and O–H groups in total. The van der Waals surface area contributed by atoms with Crippen LogP contribution in [-0.2, 0) is 16.0 Å². The van der Waals surface area contributed by atoms with Gasteiger partial charge in [0.15, 0.2) is 11.5 Å². The summed E-state index contributed by atoms with van der Waals surface area (Å²) in [6, 6.07) is 11.5. The third-order valence-corrected chi connectivity index (χ3v) is 4.18. The number of methoxy groups -OCH3 is 1. The number of carbonyl (C=O) groups is 1. The number of carbonyl (C=O) groups excluding carboxylic acids is 1. The zero-order valence-corrected chi connectivity index (χ0v) is 16.9. The van der Waals surface area contributed by atoms with Crippen molar-refractivity contribution in [2.24, 2.45) is 0 Å². The highest BCUT2D eigenvalue weighted by atomic mass is 35.5. The van der Waals surface area contributed by atoms with Crippen molar-refractivity contribution in [1.82, 2.24) is 5.32 Å². The number of benzene rings is 2. The summed E-state index contributed by atoms with van der Waals surface area (Å²) >= 11 is 5.84. The highest BCUT2D eigenvalue weighted by Crippen LogP contribution is 2.28. The minimum Gasteiger partial charge on any atom is -0.493 e. The predicted octanol–water partition coefficient (Wildman–Crippen LogP) is 4.30. The maximum atomic E-state index is 12.5. The molecule has 5 nitrogen and oxygen atoms in total. The second-order valence-electron chi connectivity index (χ2n) is 5.92. The van der Waals surface area contributed by atoms with Gasteiger partial charge in [-0.15, -0.1) is 6.42 Å². The first-order chi connectivity index (χ1) is 14.4. The molecule has 0 unspecified atom stereocenters. The van der Waals surface area contributed by atoms with Gasteiger partial charge in [0.25, 0.3) is 5.91 Å². The molecule has 1 amide bonds. The topological polar surface area (TPSA) is 56.8 Å². The minimum atomic E-state index is -3.04. The van der Waals surface area contributed by atoms with E-state index < -0.39 is 12.5 Å². The predicted molar refractivity (Wildman–Crippen MR) is 111 cm³/mol. The Bertz CT molecular complexity index is 924. The van der Waals surface area contributed by atoms with Crippen LogP contribution in [0.15, 0.2) is 48.7 Å². The summed E-state index contributed by atoms with van der Waals surface area (Å²) in [7, 11) is 1.51. The van der Waals surface area contributed by atoms with Crippen molar-refractivity contribution in [3.8, 4) is 23.8 Å². The standard InChI is InChI=1S/C22H20ClF2NO4/c1-3-12-29-19-9-4-15(13-20(19)28-2)10-11-26-21(27)18(14-30-22(24)25)16-5-7-17(23)8-6-16/h1,4-9,13-14,22H,10-12H2,2H3,(H,26,27)/b18-14+. The molecule has 0 aliphatic carbocycles. The molecule has 0 aromatic heterocycles. The monoisotopic (exact) mass is 435 g/mol. The Morgan fingerprint density at radius 3 is 2.60 bits per heavy atom. The smallest absolute Gasteiger partial charge is 0.386 e. The van der Waals surface area contributed by atoms with E-state index in [1.54, 1.807) is 36.4 Å². The summed E-state index contributed by atoms with van der Waals surface area (Å²) < 4.78 is 39.8. The van der Waals surface area contributed by atoms with E-state index in [0.29, 0.717) is 28.5 Å². The quantitative estimate of drug-likeness (QED) is 0.343. The van der Waals surface area contributed by atoms with Crippen LogP contribution in [0.25, 0.3) is 5.57 Å². The largest absolute Gasteiger partial charge is 0.493 e. The van der Waals surface area contributed by atoms with Gasteiger partial charge >= 0.3 is 6.61 Å². The lowest BCUT2D eigenvalue weighted by atomic mass is 10.1.